The quantitative estimate of drug-likeness (QED) is 0.861. The lowest BCUT2D eigenvalue weighted by Crippen LogP contribution is -2.03. The Morgan fingerprint density at radius 3 is 2.89 bits per heavy atom. The summed E-state index contributed by atoms with van der Waals surface area (Å²) in [7, 11) is 0. The minimum atomic E-state index is 0.576. The summed E-state index contributed by atoms with van der Waals surface area (Å²) in [4.78, 5) is 11.7. The number of aryl methyl sites for hydroxylation is 1. The topological polar surface area (TPSA) is 37.8 Å². The highest BCUT2D eigenvalue weighted by Crippen LogP contribution is 2.38. The summed E-state index contributed by atoms with van der Waals surface area (Å²) in [6, 6.07) is 6.24. The van der Waals surface area contributed by atoms with E-state index in [4.69, 9.17) is 0 Å². The predicted octanol–water partition coefficient (Wildman–Crippen LogP) is 4.10. The van der Waals surface area contributed by atoms with Gasteiger partial charge in [-0.3, -0.25) is 0 Å². The van der Waals surface area contributed by atoms with Gasteiger partial charge in [-0.15, -0.1) is 11.3 Å². The first-order valence-corrected chi connectivity index (χ1v) is 7.65. The van der Waals surface area contributed by atoms with Gasteiger partial charge in [0.25, 0.3) is 0 Å². The molecule has 0 bridgehead atoms. The summed E-state index contributed by atoms with van der Waals surface area (Å²) in [5, 5.41) is 3.37. The van der Waals surface area contributed by atoms with Gasteiger partial charge >= 0.3 is 0 Å². The number of rotatable bonds is 4. The van der Waals surface area contributed by atoms with E-state index in [2.05, 4.69) is 50.3 Å². The monoisotopic (exact) mass is 323 g/mol. The summed E-state index contributed by atoms with van der Waals surface area (Å²) in [6.45, 7) is 2.95. The van der Waals surface area contributed by atoms with E-state index >= 15 is 0 Å². The summed E-state index contributed by atoms with van der Waals surface area (Å²) in [6.07, 6.45) is 2.44. The Morgan fingerprint density at radius 2 is 2.22 bits per heavy atom. The fraction of sp³-hybridized carbons (Fsp3) is 0.385. The summed E-state index contributed by atoms with van der Waals surface area (Å²) >= 11 is 5.27. The molecule has 1 aliphatic carbocycles. The van der Waals surface area contributed by atoms with Crippen molar-refractivity contribution in [2.24, 2.45) is 0 Å². The zero-order valence-corrected chi connectivity index (χ0v) is 12.5. The van der Waals surface area contributed by atoms with Crippen molar-refractivity contribution in [3.05, 3.63) is 38.4 Å². The van der Waals surface area contributed by atoms with Gasteiger partial charge < -0.3 is 5.32 Å². The Morgan fingerprint density at radius 1 is 1.39 bits per heavy atom. The summed E-state index contributed by atoms with van der Waals surface area (Å²) in [5.41, 5.74) is 0. The van der Waals surface area contributed by atoms with Gasteiger partial charge in [0.1, 0.15) is 16.2 Å². The first kappa shape index (κ1) is 12.1. The Labute approximate surface area is 119 Å². The van der Waals surface area contributed by atoms with Gasteiger partial charge in [-0.05, 0) is 47.8 Å². The predicted molar refractivity (Wildman–Crippen MR) is 78.1 cm³/mol. The van der Waals surface area contributed by atoms with Crippen molar-refractivity contribution in [2.45, 2.75) is 32.2 Å². The Balaban J connectivity index is 1.71. The normalized spacial score (nSPS) is 14.8. The molecule has 3 nitrogen and oxygen atoms in total. The third kappa shape index (κ3) is 2.90. The maximum Gasteiger partial charge on any atom is 0.135 e. The smallest absolute Gasteiger partial charge is 0.135 e. The van der Waals surface area contributed by atoms with Crippen LogP contribution in [0, 0.1) is 6.92 Å². The molecular weight excluding hydrogens is 310 g/mol. The molecule has 94 valence electrons. The maximum absolute atomic E-state index is 4.57. The molecule has 1 aliphatic rings. The van der Waals surface area contributed by atoms with Crippen LogP contribution in [0.1, 0.15) is 34.3 Å². The molecule has 3 rings (SSSR count). The molecular formula is C13H14BrN3S. The average molecular weight is 324 g/mol. The number of halogens is 1. The molecule has 0 saturated heterocycles. The fourth-order valence-corrected chi connectivity index (χ4v) is 3.04. The fourth-order valence-electron chi connectivity index (χ4n) is 1.81. The number of nitrogens with one attached hydrogen (secondary N) is 1. The minimum absolute atomic E-state index is 0.576. The molecule has 0 spiro atoms. The van der Waals surface area contributed by atoms with Crippen molar-refractivity contribution in [1.29, 1.82) is 0 Å². The lowest BCUT2D eigenvalue weighted by Gasteiger charge is -2.06. The maximum atomic E-state index is 4.57. The zero-order valence-electron chi connectivity index (χ0n) is 10.1. The summed E-state index contributed by atoms with van der Waals surface area (Å²) < 4.78 is 0.865. The molecule has 1 fully saturated rings. The Kier molecular flexibility index (Phi) is 3.35. The lowest BCUT2D eigenvalue weighted by molar-refractivity contribution is 0.911. The highest BCUT2D eigenvalue weighted by atomic mass is 79.9. The van der Waals surface area contributed by atoms with E-state index in [9.17, 15) is 0 Å². The molecule has 1 N–H and O–H groups in total. The van der Waals surface area contributed by atoms with E-state index in [1.54, 1.807) is 0 Å². The van der Waals surface area contributed by atoms with E-state index in [0.29, 0.717) is 5.92 Å². The van der Waals surface area contributed by atoms with Gasteiger partial charge in [0.05, 0.1) is 6.54 Å². The van der Waals surface area contributed by atoms with Crippen LogP contribution in [0.5, 0.6) is 0 Å². The number of thiophene rings is 1. The SMILES string of the molecule is Cc1ccc(CNc2cc(Br)nc(C3CC3)n2)s1. The van der Waals surface area contributed by atoms with Crippen LogP contribution < -0.4 is 5.32 Å². The Bertz CT molecular complexity index is 563. The molecule has 0 amide bonds. The molecule has 0 aliphatic heterocycles. The molecule has 5 heteroatoms. The van der Waals surface area contributed by atoms with Crippen LogP contribution in [0.2, 0.25) is 0 Å². The molecule has 0 aromatic carbocycles. The highest BCUT2D eigenvalue weighted by Gasteiger charge is 2.27. The van der Waals surface area contributed by atoms with Crippen molar-refractivity contribution in [3.8, 4) is 0 Å². The standard InChI is InChI=1S/C13H14BrN3S/c1-8-2-5-10(18-8)7-15-12-6-11(14)16-13(17-12)9-3-4-9/h2,5-6,9H,3-4,7H2,1H3,(H,15,16,17). The van der Waals surface area contributed by atoms with E-state index in [-0.39, 0.29) is 0 Å². The van der Waals surface area contributed by atoms with Gasteiger partial charge in [0, 0.05) is 21.7 Å². The van der Waals surface area contributed by atoms with Crippen molar-refractivity contribution in [2.75, 3.05) is 5.32 Å². The number of nitrogens with zero attached hydrogens (tertiary/aromatic N) is 2. The molecule has 0 radical (unpaired) electrons. The highest BCUT2D eigenvalue weighted by molar-refractivity contribution is 9.10. The first-order valence-electron chi connectivity index (χ1n) is 6.04. The van der Waals surface area contributed by atoms with Gasteiger partial charge in [-0.1, -0.05) is 0 Å². The second-order valence-electron chi connectivity index (χ2n) is 4.57. The molecule has 0 unspecified atom stereocenters. The Hall–Kier alpha value is -0.940. The van der Waals surface area contributed by atoms with Crippen molar-refractivity contribution >= 4 is 33.1 Å². The largest absolute Gasteiger partial charge is 0.365 e. The zero-order chi connectivity index (χ0) is 12.5. The molecule has 2 aromatic heterocycles. The van der Waals surface area contributed by atoms with Gasteiger partial charge in [0.15, 0.2) is 0 Å². The van der Waals surface area contributed by atoms with Gasteiger partial charge in [0.2, 0.25) is 0 Å². The second kappa shape index (κ2) is 4.97. The van der Waals surface area contributed by atoms with E-state index in [0.717, 1.165) is 22.8 Å². The van der Waals surface area contributed by atoms with Crippen LogP contribution in [0.15, 0.2) is 22.8 Å². The summed E-state index contributed by atoms with van der Waals surface area (Å²) in [5.74, 6) is 2.45. The van der Waals surface area contributed by atoms with Gasteiger partial charge in [-0.25, -0.2) is 9.97 Å². The number of hydrogen-bond donors (Lipinski definition) is 1. The number of aromatic nitrogens is 2. The van der Waals surface area contributed by atoms with Crippen molar-refractivity contribution < 1.29 is 0 Å². The van der Waals surface area contributed by atoms with Crippen LogP contribution in [-0.4, -0.2) is 9.97 Å². The van der Waals surface area contributed by atoms with E-state index in [1.807, 2.05) is 17.4 Å². The van der Waals surface area contributed by atoms with Crippen LogP contribution in [0.25, 0.3) is 0 Å². The van der Waals surface area contributed by atoms with E-state index < -0.39 is 0 Å². The van der Waals surface area contributed by atoms with Crippen LogP contribution in [-0.2, 0) is 6.54 Å². The third-order valence-corrected chi connectivity index (χ3v) is 4.30. The van der Waals surface area contributed by atoms with Crippen LogP contribution in [0.3, 0.4) is 0 Å². The van der Waals surface area contributed by atoms with Crippen molar-refractivity contribution in [1.82, 2.24) is 9.97 Å². The first-order chi connectivity index (χ1) is 8.70. The van der Waals surface area contributed by atoms with E-state index in [1.165, 1.54) is 22.6 Å². The third-order valence-electron chi connectivity index (χ3n) is 2.89. The molecule has 2 heterocycles. The minimum Gasteiger partial charge on any atom is -0.365 e. The van der Waals surface area contributed by atoms with Crippen molar-refractivity contribution in [3.63, 3.8) is 0 Å². The molecule has 2 aromatic rings. The van der Waals surface area contributed by atoms with Crippen LogP contribution >= 0.6 is 27.3 Å². The second-order valence-corrected chi connectivity index (χ2v) is 6.76. The number of anilines is 1. The molecule has 1 saturated carbocycles. The number of hydrogen-bond acceptors (Lipinski definition) is 4. The average Bonchev–Trinajstić information content (AvgIpc) is 3.10. The lowest BCUT2D eigenvalue weighted by atomic mass is 10.4. The molecule has 0 atom stereocenters. The van der Waals surface area contributed by atoms with Crippen LogP contribution in [0.4, 0.5) is 5.82 Å². The molecule has 18 heavy (non-hydrogen) atoms. The van der Waals surface area contributed by atoms with Gasteiger partial charge in [-0.2, -0.15) is 0 Å².